The summed E-state index contributed by atoms with van der Waals surface area (Å²) in [4.78, 5) is 11.4. The van der Waals surface area contributed by atoms with E-state index in [1.165, 1.54) is 30.4 Å². The molecule has 19 heavy (non-hydrogen) atoms. The molecule has 1 aliphatic carbocycles. The highest BCUT2D eigenvalue weighted by Crippen LogP contribution is 2.15. The normalized spacial score (nSPS) is 17.7. The molecule has 0 fully saturated rings. The van der Waals surface area contributed by atoms with Crippen molar-refractivity contribution in [2.45, 2.75) is 18.7 Å². The summed E-state index contributed by atoms with van der Waals surface area (Å²) in [5.74, 6) is -0.133. The highest BCUT2D eigenvalue weighted by atomic mass is 32.2. The molecular formula is C14H13NO3S. The molecule has 2 rings (SSSR count). The van der Waals surface area contributed by atoms with Gasteiger partial charge in [-0.15, -0.1) is 0 Å². The van der Waals surface area contributed by atoms with E-state index in [0.717, 1.165) is 5.56 Å². The molecular weight excluding hydrogens is 262 g/mol. The van der Waals surface area contributed by atoms with Crippen molar-refractivity contribution in [3.8, 4) is 0 Å². The number of aryl methyl sites for hydroxylation is 1. The van der Waals surface area contributed by atoms with Gasteiger partial charge in [-0.25, -0.2) is 0 Å². The summed E-state index contributed by atoms with van der Waals surface area (Å²) in [5.41, 5.74) is 1.71. The zero-order chi connectivity index (χ0) is 14.0. The van der Waals surface area contributed by atoms with Crippen LogP contribution in [0.4, 0.5) is 0 Å². The molecule has 1 aliphatic rings. The highest BCUT2D eigenvalue weighted by Gasteiger charge is 2.15. The largest absolute Gasteiger partial charge is 0.290 e. The predicted molar refractivity (Wildman–Crippen MR) is 73.7 cm³/mol. The van der Waals surface area contributed by atoms with Gasteiger partial charge >= 0.3 is 0 Å². The number of carbonyl (C=O) groups is 1. The molecule has 0 bridgehead atoms. The summed E-state index contributed by atoms with van der Waals surface area (Å²) in [6.07, 6.45) is 4.19. The lowest BCUT2D eigenvalue weighted by atomic mass is 10.1. The van der Waals surface area contributed by atoms with Crippen LogP contribution in [0.25, 0.3) is 0 Å². The number of carbonyl (C=O) groups excluding carboxylic acids is 1. The zero-order valence-electron chi connectivity index (χ0n) is 10.6. The van der Waals surface area contributed by atoms with Crippen molar-refractivity contribution in [1.29, 1.82) is 0 Å². The molecule has 0 aliphatic heterocycles. The maximum absolute atomic E-state index is 12.1. The Kier molecular flexibility index (Phi) is 3.48. The minimum absolute atomic E-state index is 0.133. The first kappa shape index (κ1) is 13.4. The molecule has 0 heterocycles. The van der Waals surface area contributed by atoms with Crippen molar-refractivity contribution in [3.05, 3.63) is 53.6 Å². The summed E-state index contributed by atoms with van der Waals surface area (Å²) in [6.45, 7) is 3.50. The van der Waals surface area contributed by atoms with Gasteiger partial charge in [-0.3, -0.25) is 4.79 Å². The quantitative estimate of drug-likeness (QED) is 0.777. The van der Waals surface area contributed by atoms with Crippen LogP contribution < -0.4 is 0 Å². The first-order chi connectivity index (χ1) is 8.88. The van der Waals surface area contributed by atoms with Gasteiger partial charge in [0.05, 0.1) is 10.6 Å². The SMILES string of the molecule is CC1=CC(=NS(=O)(=O)c2ccc(C)cc2)C=CC1=O. The number of rotatable bonds is 2. The van der Waals surface area contributed by atoms with Crippen molar-refractivity contribution >= 4 is 21.5 Å². The van der Waals surface area contributed by atoms with Crippen LogP contribution in [0.3, 0.4) is 0 Å². The molecule has 0 saturated heterocycles. The fourth-order valence-electron chi connectivity index (χ4n) is 1.59. The topological polar surface area (TPSA) is 63.6 Å². The molecule has 98 valence electrons. The smallest absolute Gasteiger partial charge is 0.282 e. The number of hydrogen-bond acceptors (Lipinski definition) is 3. The van der Waals surface area contributed by atoms with Crippen LogP contribution in [-0.2, 0) is 14.8 Å². The van der Waals surface area contributed by atoms with E-state index in [4.69, 9.17) is 0 Å². The molecule has 1 aromatic carbocycles. The summed E-state index contributed by atoms with van der Waals surface area (Å²) >= 11 is 0. The Labute approximate surface area is 112 Å². The fourth-order valence-corrected chi connectivity index (χ4v) is 2.57. The van der Waals surface area contributed by atoms with Gasteiger partial charge in [0.2, 0.25) is 0 Å². The van der Waals surface area contributed by atoms with E-state index in [-0.39, 0.29) is 16.4 Å². The average molecular weight is 275 g/mol. The van der Waals surface area contributed by atoms with Crippen LogP contribution in [0, 0.1) is 6.92 Å². The molecule has 0 radical (unpaired) electrons. The maximum Gasteiger partial charge on any atom is 0.282 e. The molecule has 4 nitrogen and oxygen atoms in total. The monoisotopic (exact) mass is 275 g/mol. The van der Waals surface area contributed by atoms with Gasteiger partial charge in [0.1, 0.15) is 0 Å². The molecule has 0 saturated carbocycles. The van der Waals surface area contributed by atoms with Crippen LogP contribution in [0.5, 0.6) is 0 Å². The van der Waals surface area contributed by atoms with Crippen LogP contribution in [0.2, 0.25) is 0 Å². The first-order valence-electron chi connectivity index (χ1n) is 5.71. The highest BCUT2D eigenvalue weighted by molar-refractivity contribution is 7.90. The van der Waals surface area contributed by atoms with Crippen molar-refractivity contribution in [2.24, 2.45) is 4.40 Å². The van der Waals surface area contributed by atoms with Gasteiger partial charge in [-0.2, -0.15) is 12.8 Å². The lowest BCUT2D eigenvalue weighted by molar-refractivity contribution is -0.111. The van der Waals surface area contributed by atoms with E-state index < -0.39 is 10.0 Å². The molecule has 5 heteroatoms. The summed E-state index contributed by atoms with van der Waals surface area (Å²) < 4.78 is 27.9. The molecule has 0 N–H and O–H groups in total. The van der Waals surface area contributed by atoms with Crippen LogP contribution in [-0.4, -0.2) is 19.9 Å². The van der Waals surface area contributed by atoms with E-state index in [9.17, 15) is 13.2 Å². The van der Waals surface area contributed by atoms with Gasteiger partial charge in [0.15, 0.2) is 5.78 Å². The average Bonchev–Trinajstić information content (AvgIpc) is 2.34. The third-order valence-corrected chi connectivity index (χ3v) is 4.02. The molecule has 0 aromatic heterocycles. The van der Waals surface area contributed by atoms with Crippen LogP contribution >= 0.6 is 0 Å². The predicted octanol–water partition coefficient (Wildman–Crippen LogP) is 2.21. The Bertz CT molecular complexity index is 708. The number of nitrogens with zero attached hydrogens (tertiary/aromatic N) is 1. The zero-order valence-corrected chi connectivity index (χ0v) is 11.4. The second-order valence-electron chi connectivity index (χ2n) is 4.33. The van der Waals surface area contributed by atoms with E-state index >= 15 is 0 Å². The van der Waals surface area contributed by atoms with E-state index in [2.05, 4.69) is 4.40 Å². The maximum atomic E-state index is 12.1. The molecule has 0 unspecified atom stereocenters. The van der Waals surface area contributed by atoms with Gasteiger partial charge in [0, 0.05) is 0 Å². The summed E-state index contributed by atoms with van der Waals surface area (Å²) in [7, 11) is -3.74. The first-order valence-corrected chi connectivity index (χ1v) is 7.15. The Hall–Kier alpha value is -2.01. The van der Waals surface area contributed by atoms with E-state index in [1.54, 1.807) is 19.1 Å². The second kappa shape index (κ2) is 4.93. The van der Waals surface area contributed by atoms with Crippen molar-refractivity contribution in [3.63, 3.8) is 0 Å². The van der Waals surface area contributed by atoms with Crippen molar-refractivity contribution in [1.82, 2.24) is 0 Å². The third-order valence-electron chi connectivity index (χ3n) is 2.70. The summed E-state index contributed by atoms with van der Waals surface area (Å²) in [5, 5.41) is 0. The second-order valence-corrected chi connectivity index (χ2v) is 5.93. The Morgan fingerprint density at radius 1 is 1.00 bits per heavy atom. The van der Waals surface area contributed by atoms with E-state index in [1.807, 2.05) is 6.92 Å². The third kappa shape index (κ3) is 3.06. The van der Waals surface area contributed by atoms with E-state index in [0.29, 0.717) is 5.57 Å². The molecule has 1 aromatic rings. The number of ketones is 1. The van der Waals surface area contributed by atoms with Gasteiger partial charge in [-0.05, 0) is 49.8 Å². The lowest BCUT2D eigenvalue weighted by Gasteiger charge is -2.04. The number of hydrogen-bond donors (Lipinski definition) is 0. The van der Waals surface area contributed by atoms with Crippen molar-refractivity contribution in [2.75, 3.05) is 0 Å². The van der Waals surface area contributed by atoms with Crippen molar-refractivity contribution < 1.29 is 13.2 Å². The molecule has 0 amide bonds. The van der Waals surface area contributed by atoms with Crippen LogP contribution in [0.1, 0.15) is 12.5 Å². The Balaban J connectivity index is 2.40. The number of allylic oxidation sites excluding steroid dienone is 4. The minimum Gasteiger partial charge on any atom is -0.290 e. The fraction of sp³-hybridized carbons (Fsp3) is 0.143. The molecule has 0 spiro atoms. The van der Waals surface area contributed by atoms with Gasteiger partial charge < -0.3 is 0 Å². The molecule has 0 atom stereocenters. The van der Waals surface area contributed by atoms with Gasteiger partial charge in [0.25, 0.3) is 10.0 Å². The minimum atomic E-state index is -3.74. The standard InChI is InChI=1S/C14H13NO3S/c1-10-3-6-13(7-4-10)19(17,18)15-12-5-8-14(16)11(2)9-12/h3-9H,1-2H3. The number of benzene rings is 1. The number of sulfonamides is 1. The summed E-state index contributed by atoms with van der Waals surface area (Å²) in [6, 6.07) is 6.47. The lowest BCUT2D eigenvalue weighted by Crippen LogP contribution is -2.08. The van der Waals surface area contributed by atoms with Gasteiger partial charge in [-0.1, -0.05) is 17.7 Å². The van der Waals surface area contributed by atoms with Crippen LogP contribution in [0.15, 0.2) is 57.4 Å². The Morgan fingerprint density at radius 3 is 2.21 bits per heavy atom. The Morgan fingerprint density at radius 2 is 1.63 bits per heavy atom.